The summed E-state index contributed by atoms with van der Waals surface area (Å²) in [5.41, 5.74) is 1.45. The van der Waals surface area contributed by atoms with Gasteiger partial charge in [0, 0.05) is 30.1 Å². The Kier molecular flexibility index (Phi) is 4.31. The minimum atomic E-state index is -0.105. The number of likely N-dealkylation sites (tertiary alicyclic amines) is 1. The lowest BCUT2D eigenvalue weighted by atomic mass is 9.93. The highest BCUT2D eigenvalue weighted by molar-refractivity contribution is 6.00. The fraction of sp³-hybridized carbons (Fsp3) is 0.500. The maximum absolute atomic E-state index is 13.0. The third-order valence-electron chi connectivity index (χ3n) is 4.84. The summed E-state index contributed by atoms with van der Waals surface area (Å²) >= 11 is 0. The van der Waals surface area contributed by atoms with Gasteiger partial charge in [0.25, 0.3) is 5.91 Å². The summed E-state index contributed by atoms with van der Waals surface area (Å²) in [6, 6.07) is 5.80. The van der Waals surface area contributed by atoms with Crippen molar-refractivity contribution >= 4 is 16.9 Å². The molecule has 0 saturated carbocycles. The van der Waals surface area contributed by atoms with Crippen LogP contribution in [0.15, 0.2) is 22.6 Å². The van der Waals surface area contributed by atoms with Crippen LogP contribution in [-0.4, -0.2) is 42.2 Å². The molecule has 1 N–H and O–H groups in total. The molecule has 2 heterocycles. The Morgan fingerprint density at radius 1 is 1.43 bits per heavy atom. The van der Waals surface area contributed by atoms with E-state index in [1.165, 1.54) is 0 Å². The van der Waals surface area contributed by atoms with Gasteiger partial charge in [-0.05, 0) is 38.7 Å². The van der Waals surface area contributed by atoms with Crippen LogP contribution in [0.2, 0.25) is 0 Å². The highest BCUT2D eigenvalue weighted by Crippen LogP contribution is 2.34. The number of piperidine rings is 1. The summed E-state index contributed by atoms with van der Waals surface area (Å²) in [5.74, 6) is 1.04. The normalized spacial score (nSPS) is 21.7. The van der Waals surface area contributed by atoms with E-state index in [-0.39, 0.29) is 24.5 Å². The second kappa shape index (κ2) is 6.24. The molecule has 3 rings (SSSR count). The van der Waals surface area contributed by atoms with Gasteiger partial charge in [-0.3, -0.25) is 4.79 Å². The summed E-state index contributed by atoms with van der Waals surface area (Å²) in [6.07, 6.45) is 1.86. The van der Waals surface area contributed by atoms with Crippen LogP contribution >= 0.6 is 0 Å². The molecular weight excluding hydrogens is 294 g/mol. The molecule has 1 amide bonds. The van der Waals surface area contributed by atoms with Gasteiger partial charge in [-0.1, -0.05) is 12.1 Å². The number of hydrogen-bond donors (Lipinski definition) is 1. The predicted octanol–water partition coefficient (Wildman–Crippen LogP) is 2.98. The van der Waals surface area contributed by atoms with Gasteiger partial charge in [0.05, 0.1) is 7.11 Å². The highest BCUT2D eigenvalue weighted by Gasteiger charge is 2.32. The van der Waals surface area contributed by atoms with Crippen molar-refractivity contribution in [2.45, 2.75) is 32.7 Å². The minimum Gasteiger partial charge on any atom is -0.493 e. The van der Waals surface area contributed by atoms with Gasteiger partial charge in [0.2, 0.25) is 0 Å². The average molecular weight is 317 g/mol. The Balaban J connectivity index is 1.99. The van der Waals surface area contributed by atoms with E-state index in [9.17, 15) is 9.90 Å². The SMILES string of the molecule is COc1cccc2c(C)c(C(=O)N3CC(CO)CCC3C)oc12. The summed E-state index contributed by atoms with van der Waals surface area (Å²) in [7, 11) is 1.59. The molecule has 5 nitrogen and oxygen atoms in total. The number of carbonyl (C=O) groups is 1. The van der Waals surface area contributed by atoms with E-state index in [0.717, 1.165) is 23.8 Å². The number of rotatable bonds is 3. The average Bonchev–Trinajstić information content (AvgIpc) is 2.92. The number of amides is 1. The number of carbonyl (C=O) groups excluding carboxylic acids is 1. The second-order valence-corrected chi connectivity index (χ2v) is 6.33. The smallest absolute Gasteiger partial charge is 0.290 e. The molecule has 23 heavy (non-hydrogen) atoms. The van der Waals surface area contributed by atoms with Crippen LogP contribution in [0.5, 0.6) is 5.75 Å². The van der Waals surface area contributed by atoms with Crippen molar-refractivity contribution < 1.29 is 19.1 Å². The van der Waals surface area contributed by atoms with Crippen molar-refractivity contribution in [2.75, 3.05) is 20.3 Å². The van der Waals surface area contributed by atoms with Crippen molar-refractivity contribution in [1.82, 2.24) is 4.90 Å². The van der Waals surface area contributed by atoms with Crippen molar-refractivity contribution in [3.8, 4) is 5.75 Å². The lowest BCUT2D eigenvalue weighted by Gasteiger charge is -2.37. The van der Waals surface area contributed by atoms with Crippen LogP contribution in [0, 0.1) is 12.8 Å². The largest absolute Gasteiger partial charge is 0.493 e. The van der Waals surface area contributed by atoms with Gasteiger partial charge in [0.15, 0.2) is 17.1 Å². The van der Waals surface area contributed by atoms with Gasteiger partial charge in [-0.2, -0.15) is 0 Å². The molecule has 2 atom stereocenters. The molecular formula is C18H23NO4. The van der Waals surface area contributed by atoms with Crippen molar-refractivity contribution in [1.29, 1.82) is 0 Å². The summed E-state index contributed by atoms with van der Waals surface area (Å²) < 4.78 is 11.2. The lowest BCUT2D eigenvalue weighted by molar-refractivity contribution is 0.0460. The number of methoxy groups -OCH3 is 1. The Bertz CT molecular complexity index is 721. The van der Waals surface area contributed by atoms with E-state index < -0.39 is 0 Å². The zero-order chi connectivity index (χ0) is 16.6. The molecule has 1 aromatic carbocycles. The van der Waals surface area contributed by atoms with Crippen LogP contribution in [0.4, 0.5) is 0 Å². The maximum Gasteiger partial charge on any atom is 0.290 e. The van der Waals surface area contributed by atoms with Gasteiger partial charge >= 0.3 is 0 Å². The number of fused-ring (bicyclic) bond motifs is 1. The van der Waals surface area contributed by atoms with E-state index in [1.54, 1.807) is 7.11 Å². The Labute approximate surface area is 135 Å². The van der Waals surface area contributed by atoms with Crippen LogP contribution in [0.3, 0.4) is 0 Å². The molecule has 1 aliphatic heterocycles. The first-order valence-corrected chi connectivity index (χ1v) is 8.04. The number of furan rings is 1. The minimum absolute atomic E-state index is 0.105. The van der Waals surface area contributed by atoms with Gasteiger partial charge in [-0.15, -0.1) is 0 Å². The zero-order valence-electron chi connectivity index (χ0n) is 13.8. The summed E-state index contributed by atoms with van der Waals surface area (Å²) in [6.45, 7) is 4.63. The van der Waals surface area contributed by atoms with Gasteiger partial charge < -0.3 is 19.2 Å². The van der Waals surface area contributed by atoms with E-state index in [2.05, 4.69) is 0 Å². The number of ether oxygens (including phenoxy) is 1. The first-order chi connectivity index (χ1) is 11.1. The Hall–Kier alpha value is -2.01. The molecule has 0 spiro atoms. The molecule has 1 aromatic heterocycles. The number of aliphatic hydroxyl groups is 1. The number of aliphatic hydroxyl groups excluding tert-OH is 1. The topological polar surface area (TPSA) is 62.9 Å². The molecule has 2 aromatic rings. The number of benzene rings is 1. The van der Waals surface area contributed by atoms with Crippen LogP contribution in [0.1, 0.15) is 35.9 Å². The highest BCUT2D eigenvalue weighted by atomic mass is 16.5. The van der Waals surface area contributed by atoms with Gasteiger partial charge in [-0.25, -0.2) is 0 Å². The third kappa shape index (κ3) is 2.70. The molecule has 1 aliphatic rings. The number of aryl methyl sites for hydroxylation is 1. The van der Waals surface area contributed by atoms with Crippen molar-refractivity contribution in [2.24, 2.45) is 5.92 Å². The standard InChI is InChI=1S/C18H23NO4/c1-11-7-8-13(10-20)9-19(11)18(21)16-12(2)14-5-4-6-15(22-3)17(14)23-16/h4-6,11,13,20H,7-10H2,1-3H3. The number of para-hydroxylation sites is 1. The zero-order valence-corrected chi connectivity index (χ0v) is 13.8. The van der Waals surface area contributed by atoms with Crippen molar-refractivity contribution in [3.05, 3.63) is 29.5 Å². The predicted molar refractivity (Wildman–Crippen MR) is 87.8 cm³/mol. The molecule has 124 valence electrons. The molecule has 2 unspecified atom stereocenters. The van der Waals surface area contributed by atoms with E-state index in [0.29, 0.717) is 23.6 Å². The maximum atomic E-state index is 13.0. The second-order valence-electron chi connectivity index (χ2n) is 6.33. The number of nitrogens with zero attached hydrogens (tertiary/aromatic N) is 1. The Morgan fingerprint density at radius 3 is 2.91 bits per heavy atom. The summed E-state index contributed by atoms with van der Waals surface area (Å²) in [4.78, 5) is 14.8. The molecule has 5 heteroatoms. The van der Waals surface area contributed by atoms with E-state index in [1.807, 2.05) is 36.9 Å². The molecule has 1 saturated heterocycles. The molecule has 0 bridgehead atoms. The number of hydrogen-bond acceptors (Lipinski definition) is 4. The lowest BCUT2D eigenvalue weighted by Crippen LogP contribution is -2.46. The quantitative estimate of drug-likeness (QED) is 0.945. The molecule has 0 aliphatic carbocycles. The van der Waals surface area contributed by atoms with Crippen LogP contribution in [0.25, 0.3) is 11.0 Å². The first kappa shape index (κ1) is 15.9. The summed E-state index contributed by atoms with van der Waals surface area (Å²) in [5, 5.41) is 10.3. The van der Waals surface area contributed by atoms with E-state index >= 15 is 0 Å². The fourth-order valence-electron chi connectivity index (χ4n) is 3.33. The molecule has 1 fully saturated rings. The van der Waals surface area contributed by atoms with E-state index in [4.69, 9.17) is 9.15 Å². The third-order valence-corrected chi connectivity index (χ3v) is 4.84. The van der Waals surface area contributed by atoms with Crippen LogP contribution < -0.4 is 4.74 Å². The fourth-order valence-corrected chi connectivity index (χ4v) is 3.33. The van der Waals surface area contributed by atoms with Crippen LogP contribution in [-0.2, 0) is 0 Å². The molecule has 0 radical (unpaired) electrons. The first-order valence-electron chi connectivity index (χ1n) is 8.04. The van der Waals surface area contributed by atoms with Crippen molar-refractivity contribution in [3.63, 3.8) is 0 Å². The monoisotopic (exact) mass is 317 g/mol. The Morgan fingerprint density at radius 2 is 2.22 bits per heavy atom. The van der Waals surface area contributed by atoms with Gasteiger partial charge in [0.1, 0.15) is 0 Å².